The fraction of sp³-hybridized carbons (Fsp3) is 0.267. The first-order chi connectivity index (χ1) is 16.0. The number of carbonyl (C=O) groups excluding carboxylic acids is 1. The molecule has 0 N–H and O–H groups in total. The highest BCUT2D eigenvalue weighted by molar-refractivity contribution is 5.95. The number of hydrogen-bond donors (Lipinski definition) is 0. The molecule has 33 heavy (non-hydrogen) atoms. The van der Waals surface area contributed by atoms with Gasteiger partial charge in [-0.3, -0.25) is 4.79 Å². The SMILES string of the molecule is CC(C)[C@H]1CC[C@@H](C)c2c(-c3ccc4ccccc4c3)nn(C(=O)/C=C\c3ccccc3)c21. The summed E-state index contributed by atoms with van der Waals surface area (Å²) in [4.78, 5) is 13.4. The summed E-state index contributed by atoms with van der Waals surface area (Å²) >= 11 is 0. The Kier molecular flexibility index (Phi) is 5.72. The lowest BCUT2D eigenvalue weighted by atomic mass is 9.75. The van der Waals surface area contributed by atoms with Crippen molar-refractivity contribution >= 4 is 22.8 Å². The van der Waals surface area contributed by atoms with E-state index >= 15 is 0 Å². The largest absolute Gasteiger partial charge is 0.271 e. The van der Waals surface area contributed by atoms with Gasteiger partial charge in [-0.1, -0.05) is 87.5 Å². The Morgan fingerprint density at radius 3 is 2.45 bits per heavy atom. The number of benzene rings is 3. The quantitative estimate of drug-likeness (QED) is 0.309. The Morgan fingerprint density at radius 2 is 1.70 bits per heavy atom. The molecule has 0 saturated heterocycles. The summed E-state index contributed by atoms with van der Waals surface area (Å²) < 4.78 is 1.69. The summed E-state index contributed by atoms with van der Waals surface area (Å²) in [6, 6.07) is 24.8. The molecular weight excluding hydrogens is 404 g/mol. The molecule has 1 aliphatic carbocycles. The van der Waals surface area contributed by atoms with E-state index in [2.05, 4.69) is 63.2 Å². The van der Waals surface area contributed by atoms with Crippen LogP contribution in [-0.4, -0.2) is 15.7 Å². The Labute approximate surface area is 195 Å². The van der Waals surface area contributed by atoms with Gasteiger partial charge in [0.25, 0.3) is 5.91 Å². The van der Waals surface area contributed by atoms with Gasteiger partial charge in [-0.15, -0.1) is 0 Å². The molecule has 0 spiro atoms. The molecule has 0 fully saturated rings. The number of fused-ring (bicyclic) bond motifs is 2. The van der Waals surface area contributed by atoms with E-state index in [1.807, 2.05) is 36.4 Å². The number of nitrogens with zero attached hydrogens (tertiary/aromatic N) is 2. The highest BCUT2D eigenvalue weighted by atomic mass is 16.2. The average molecular weight is 435 g/mol. The molecule has 0 aliphatic heterocycles. The molecule has 1 heterocycles. The van der Waals surface area contributed by atoms with Crippen molar-refractivity contribution in [1.82, 2.24) is 9.78 Å². The minimum absolute atomic E-state index is 0.0816. The number of allylic oxidation sites excluding steroid dienone is 1. The molecule has 0 radical (unpaired) electrons. The molecular formula is C30H30N2O. The second kappa shape index (κ2) is 8.82. The molecule has 3 nitrogen and oxygen atoms in total. The van der Waals surface area contributed by atoms with Gasteiger partial charge in [0.15, 0.2) is 0 Å². The van der Waals surface area contributed by atoms with Crippen LogP contribution < -0.4 is 0 Å². The Morgan fingerprint density at radius 1 is 0.970 bits per heavy atom. The molecule has 5 rings (SSSR count). The van der Waals surface area contributed by atoms with E-state index in [4.69, 9.17) is 5.10 Å². The van der Waals surface area contributed by atoms with Crippen LogP contribution in [0.3, 0.4) is 0 Å². The normalized spacial score (nSPS) is 18.2. The minimum Gasteiger partial charge on any atom is -0.267 e. The summed E-state index contributed by atoms with van der Waals surface area (Å²) in [7, 11) is 0. The Balaban J connectivity index is 1.65. The zero-order valence-corrected chi connectivity index (χ0v) is 19.5. The highest BCUT2D eigenvalue weighted by Crippen LogP contribution is 2.46. The van der Waals surface area contributed by atoms with Crippen molar-refractivity contribution < 1.29 is 4.79 Å². The summed E-state index contributed by atoms with van der Waals surface area (Å²) in [6.45, 7) is 6.78. The summed E-state index contributed by atoms with van der Waals surface area (Å²) in [5, 5.41) is 7.38. The number of rotatable bonds is 4. The molecule has 2 atom stereocenters. The van der Waals surface area contributed by atoms with Crippen LogP contribution in [0.1, 0.15) is 67.1 Å². The Hall–Kier alpha value is -3.46. The third kappa shape index (κ3) is 4.04. The van der Waals surface area contributed by atoms with Crippen LogP contribution in [0.5, 0.6) is 0 Å². The summed E-state index contributed by atoms with van der Waals surface area (Å²) in [6.07, 6.45) is 5.74. The van der Waals surface area contributed by atoms with Crippen LogP contribution >= 0.6 is 0 Å². The maximum absolute atomic E-state index is 13.4. The first kappa shape index (κ1) is 21.4. The molecule has 0 bridgehead atoms. The van der Waals surface area contributed by atoms with Gasteiger partial charge in [0, 0.05) is 23.1 Å². The lowest BCUT2D eigenvalue weighted by Crippen LogP contribution is -2.23. The van der Waals surface area contributed by atoms with E-state index in [9.17, 15) is 4.79 Å². The highest BCUT2D eigenvalue weighted by Gasteiger charge is 2.35. The number of carbonyl (C=O) groups is 1. The molecule has 1 aliphatic rings. The zero-order chi connectivity index (χ0) is 22.9. The molecule has 166 valence electrons. The standard InChI is InChI=1S/C30H30N2O/c1-20(2)26-17-13-21(3)28-29(25-16-15-23-11-7-8-12-24(23)19-25)31-32(30(26)28)27(33)18-14-22-9-5-4-6-10-22/h4-12,14-16,18-21,26H,13,17H2,1-3H3/b18-14-/t21-,26-/m1/s1. The van der Waals surface area contributed by atoms with Crippen molar-refractivity contribution in [2.24, 2.45) is 5.92 Å². The molecule has 3 aromatic carbocycles. The molecule has 0 unspecified atom stereocenters. The lowest BCUT2D eigenvalue weighted by Gasteiger charge is -2.30. The van der Waals surface area contributed by atoms with Crippen molar-refractivity contribution in [3.05, 3.63) is 95.7 Å². The molecule has 1 aromatic heterocycles. The van der Waals surface area contributed by atoms with Gasteiger partial charge in [0.2, 0.25) is 0 Å². The minimum atomic E-state index is -0.0816. The number of aromatic nitrogens is 2. The van der Waals surface area contributed by atoms with Crippen LogP contribution in [0.2, 0.25) is 0 Å². The predicted octanol–water partition coefficient (Wildman–Crippen LogP) is 7.69. The van der Waals surface area contributed by atoms with E-state index in [0.29, 0.717) is 17.8 Å². The van der Waals surface area contributed by atoms with E-state index in [1.165, 1.54) is 16.3 Å². The van der Waals surface area contributed by atoms with Crippen LogP contribution in [0.4, 0.5) is 0 Å². The van der Waals surface area contributed by atoms with Gasteiger partial charge in [-0.05, 0) is 53.2 Å². The zero-order valence-electron chi connectivity index (χ0n) is 19.5. The average Bonchev–Trinajstić information content (AvgIpc) is 3.24. The van der Waals surface area contributed by atoms with Gasteiger partial charge < -0.3 is 0 Å². The van der Waals surface area contributed by atoms with Crippen molar-refractivity contribution in [1.29, 1.82) is 0 Å². The van der Waals surface area contributed by atoms with E-state index < -0.39 is 0 Å². The van der Waals surface area contributed by atoms with Gasteiger partial charge in [0.05, 0.1) is 11.4 Å². The smallest absolute Gasteiger partial charge is 0.267 e. The molecule has 3 heteroatoms. The maximum atomic E-state index is 13.4. The summed E-state index contributed by atoms with van der Waals surface area (Å²) in [5.41, 5.74) is 5.40. The van der Waals surface area contributed by atoms with Crippen molar-refractivity contribution in [2.45, 2.75) is 45.4 Å². The lowest BCUT2D eigenvalue weighted by molar-refractivity contribution is 0.0947. The van der Waals surface area contributed by atoms with Crippen LogP contribution in [0.25, 0.3) is 28.1 Å². The van der Waals surface area contributed by atoms with Crippen LogP contribution in [0, 0.1) is 5.92 Å². The van der Waals surface area contributed by atoms with Gasteiger partial charge in [0.1, 0.15) is 0 Å². The van der Waals surface area contributed by atoms with Crippen molar-refractivity contribution in [2.75, 3.05) is 0 Å². The van der Waals surface area contributed by atoms with Crippen LogP contribution in [-0.2, 0) is 0 Å². The van der Waals surface area contributed by atoms with Gasteiger partial charge >= 0.3 is 0 Å². The topological polar surface area (TPSA) is 34.9 Å². The van der Waals surface area contributed by atoms with Crippen molar-refractivity contribution in [3.8, 4) is 11.3 Å². The number of hydrogen-bond acceptors (Lipinski definition) is 2. The van der Waals surface area contributed by atoms with E-state index in [-0.39, 0.29) is 5.91 Å². The third-order valence-electron chi connectivity index (χ3n) is 6.97. The third-order valence-corrected chi connectivity index (χ3v) is 6.97. The first-order valence-corrected chi connectivity index (χ1v) is 11.9. The predicted molar refractivity (Wildman–Crippen MR) is 136 cm³/mol. The van der Waals surface area contributed by atoms with Crippen LogP contribution in [0.15, 0.2) is 78.9 Å². The first-order valence-electron chi connectivity index (χ1n) is 11.9. The monoisotopic (exact) mass is 434 g/mol. The second-order valence-corrected chi connectivity index (χ2v) is 9.53. The Bertz CT molecular complexity index is 1330. The van der Waals surface area contributed by atoms with Gasteiger partial charge in [-0.2, -0.15) is 5.10 Å². The maximum Gasteiger partial charge on any atom is 0.271 e. The van der Waals surface area contributed by atoms with E-state index in [0.717, 1.165) is 35.4 Å². The fourth-order valence-corrected chi connectivity index (χ4v) is 5.17. The van der Waals surface area contributed by atoms with Gasteiger partial charge in [-0.25, -0.2) is 4.68 Å². The second-order valence-electron chi connectivity index (χ2n) is 9.53. The van der Waals surface area contributed by atoms with Crippen molar-refractivity contribution in [3.63, 3.8) is 0 Å². The summed E-state index contributed by atoms with van der Waals surface area (Å²) in [5.74, 6) is 1.06. The molecule has 0 saturated carbocycles. The van der Waals surface area contributed by atoms with E-state index in [1.54, 1.807) is 10.8 Å². The fourth-order valence-electron chi connectivity index (χ4n) is 5.17. The molecule has 0 amide bonds. The molecule has 4 aromatic rings.